The van der Waals surface area contributed by atoms with Gasteiger partial charge in [-0.2, -0.15) is 0 Å². The van der Waals surface area contributed by atoms with Crippen molar-refractivity contribution in [1.29, 1.82) is 0 Å². The van der Waals surface area contributed by atoms with Crippen molar-refractivity contribution in [1.82, 2.24) is 10.3 Å². The van der Waals surface area contributed by atoms with E-state index in [0.717, 1.165) is 37.1 Å². The second-order valence-corrected chi connectivity index (χ2v) is 6.50. The Bertz CT molecular complexity index is 423. The molecule has 0 bridgehead atoms. The molecule has 0 spiro atoms. The zero-order chi connectivity index (χ0) is 15.8. The minimum Gasteiger partial charge on any atom is -0.370 e. The maximum Gasteiger partial charge on any atom is 0.131 e. The summed E-state index contributed by atoms with van der Waals surface area (Å²) in [6.07, 6.45) is 2.43. The first-order valence-electron chi connectivity index (χ1n) is 8.39. The third kappa shape index (κ3) is 6.04. The quantitative estimate of drug-likeness (QED) is 0.712. The van der Waals surface area contributed by atoms with Gasteiger partial charge in [0.15, 0.2) is 0 Å². The van der Waals surface area contributed by atoms with Crippen LogP contribution in [0.15, 0.2) is 6.07 Å². The zero-order valence-electron chi connectivity index (χ0n) is 14.7. The van der Waals surface area contributed by atoms with Crippen molar-refractivity contribution in [3.05, 3.63) is 22.9 Å². The number of pyridine rings is 1. The molecule has 0 saturated carbocycles. The van der Waals surface area contributed by atoms with Crippen LogP contribution in [0.4, 0.5) is 5.82 Å². The molecule has 3 nitrogen and oxygen atoms in total. The molecule has 0 radical (unpaired) electrons. The van der Waals surface area contributed by atoms with Crippen molar-refractivity contribution in [3.8, 4) is 0 Å². The molecule has 0 unspecified atom stereocenters. The van der Waals surface area contributed by atoms with Gasteiger partial charge >= 0.3 is 0 Å². The monoisotopic (exact) mass is 291 g/mol. The summed E-state index contributed by atoms with van der Waals surface area (Å²) in [5, 5.41) is 7.12. The highest BCUT2D eigenvalue weighted by atomic mass is 15.0. The fourth-order valence-electron chi connectivity index (χ4n) is 2.54. The topological polar surface area (TPSA) is 37.0 Å². The molecule has 0 aliphatic heterocycles. The van der Waals surface area contributed by atoms with Crippen molar-refractivity contribution < 1.29 is 0 Å². The lowest BCUT2D eigenvalue weighted by Crippen LogP contribution is -2.22. The largest absolute Gasteiger partial charge is 0.370 e. The van der Waals surface area contributed by atoms with Gasteiger partial charge in [0.2, 0.25) is 0 Å². The SMILES string of the molecule is CCC(CC)CNc1nc(C)cc(C)c1CNCC(C)C. The Hall–Kier alpha value is -1.09. The van der Waals surface area contributed by atoms with Gasteiger partial charge in [-0.3, -0.25) is 0 Å². The van der Waals surface area contributed by atoms with Crippen molar-refractivity contribution in [2.45, 2.75) is 60.9 Å². The molecule has 1 rings (SSSR count). The van der Waals surface area contributed by atoms with E-state index in [0.29, 0.717) is 5.92 Å². The van der Waals surface area contributed by atoms with Crippen molar-refractivity contribution in [2.24, 2.45) is 11.8 Å². The predicted octanol–water partition coefficient (Wildman–Crippen LogP) is 4.29. The van der Waals surface area contributed by atoms with Crippen LogP contribution in [0.2, 0.25) is 0 Å². The van der Waals surface area contributed by atoms with Crippen molar-refractivity contribution in [3.63, 3.8) is 0 Å². The third-order valence-electron chi connectivity index (χ3n) is 4.04. The van der Waals surface area contributed by atoms with Crippen LogP contribution in [0.25, 0.3) is 0 Å². The highest BCUT2D eigenvalue weighted by Crippen LogP contribution is 2.20. The number of rotatable bonds is 9. The Morgan fingerprint density at radius 3 is 2.33 bits per heavy atom. The molecular weight excluding hydrogens is 258 g/mol. The minimum atomic E-state index is 0.671. The first kappa shape index (κ1) is 18.0. The van der Waals surface area contributed by atoms with Gasteiger partial charge in [0.05, 0.1) is 0 Å². The second-order valence-electron chi connectivity index (χ2n) is 6.50. The van der Waals surface area contributed by atoms with E-state index in [2.05, 4.69) is 58.2 Å². The average Bonchev–Trinajstić information content (AvgIpc) is 2.42. The number of nitrogens with zero attached hydrogens (tertiary/aromatic N) is 1. The summed E-state index contributed by atoms with van der Waals surface area (Å²) in [5.41, 5.74) is 3.73. The average molecular weight is 291 g/mol. The fraction of sp³-hybridized carbons (Fsp3) is 0.722. The molecule has 120 valence electrons. The van der Waals surface area contributed by atoms with E-state index in [9.17, 15) is 0 Å². The molecule has 0 amide bonds. The van der Waals surface area contributed by atoms with Gasteiger partial charge in [-0.05, 0) is 43.9 Å². The molecule has 0 atom stereocenters. The van der Waals surface area contributed by atoms with E-state index in [1.54, 1.807) is 0 Å². The lowest BCUT2D eigenvalue weighted by Gasteiger charge is -2.19. The lowest BCUT2D eigenvalue weighted by atomic mass is 10.0. The van der Waals surface area contributed by atoms with Gasteiger partial charge < -0.3 is 10.6 Å². The molecule has 0 aliphatic rings. The molecular formula is C18H33N3. The maximum absolute atomic E-state index is 4.72. The lowest BCUT2D eigenvalue weighted by molar-refractivity contribution is 0.517. The van der Waals surface area contributed by atoms with Gasteiger partial charge in [-0.15, -0.1) is 0 Å². The first-order chi connectivity index (χ1) is 9.97. The van der Waals surface area contributed by atoms with Crippen LogP contribution in [-0.4, -0.2) is 18.1 Å². The summed E-state index contributed by atoms with van der Waals surface area (Å²) in [5.74, 6) is 2.46. The predicted molar refractivity (Wildman–Crippen MR) is 92.8 cm³/mol. The molecule has 0 aromatic carbocycles. The number of aryl methyl sites for hydroxylation is 2. The molecule has 1 aromatic heterocycles. The van der Waals surface area contributed by atoms with Crippen LogP contribution in [0, 0.1) is 25.7 Å². The molecule has 2 N–H and O–H groups in total. The Labute approximate surface area is 130 Å². The second kappa shape index (κ2) is 9.04. The zero-order valence-corrected chi connectivity index (χ0v) is 14.7. The van der Waals surface area contributed by atoms with E-state index in [-0.39, 0.29) is 0 Å². The number of hydrogen-bond donors (Lipinski definition) is 2. The summed E-state index contributed by atoms with van der Waals surface area (Å²) in [4.78, 5) is 4.72. The number of hydrogen-bond acceptors (Lipinski definition) is 3. The smallest absolute Gasteiger partial charge is 0.131 e. The molecule has 3 heteroatoms. The summed E-state index contributed by atoms with van der Waals surface area (Å²) < 4.78 is 0. The van der Waals surface area contributed by atoms with E-state index < -0.39 is 0 Å². The van der Waals surface area contributed by atoms with Crippen LogP contribution in [0.1, 0.15) is 57.4 Å². The molecule has 0 fully saturated rings. The van der Waals surface area contributed by atoms with E-state index in [1.807, 2.05) is 0 Å². The van der Waals surface area contributed by atoms with Gasteiger partial charge in [-0.25, -0.2) is 4.98 Å². The highest BCUT2D eigenvalue weighted by molar-refractivity contribution is 5.49. The molecule has 0 saturated heterocycles. The van der Waals surface area contributed by atoms with Crippen LogP contribution in [0.3, 0.4) is 0 Å². The minimum absolute atomic E-state index is 0.671. The summed E-state index contributed by atoms with van der Waals surface area (Å²) in [7, 11) is 0. The molecule has 1 heterocycles. The van der Waals surface area contributed by atoms with Crippen LogP contribution >= 0.6 is 0 Å². The van der Waals surface area contributed by atoms with Gasteiger partial charge in [-0.1, -0.05) is 40.5 Å². The Morgan fingerprint density at radius 2 is 1.76 bits per heavy atom. The Balaban J connectivity index is 2.79. The van der Waals surface area contributed by atoms with Gasteiger partial charge in [0, 0.05) is 24.3 Å². The Kier molecular flexibility index (Phi) is 7.73. The summed E-state index contributed by atoms with van der Waals surface area (Å²) >= 11 is 0. The van der Waals surface area contributed by atoms with Crippen LogP contribution in [0.5, 0.6) is 0 Å². The van der Waals surface area contributed by atoms with E-state index >= 15 is 0 Å². The van der Waals surface area contributed by atoms with E-state index in [1.165, 1.54) is 24.0 Å². The standard InChI is InChI=1S/C18H33N3/c1-7-16(8-2)11-20-18-17(12-19-10-13(3)4)14(5)9-15(6)21-18/h9,13,16,19H,7-8,10-12H2,1-6H3,(H,20,21). The maximum atomic E-state index is 4.72. The molecule has 1 aromatic rings. The molecule has 0 aliphatic carbocycles. The fourth-order valence-corrected chi connectivity index (χ4v) is 2.54. The molecule has 21 heavy (non-hydrogen) atoms. The van der Waals surface area contributed by atoms with E-state index in [4.69, 9.17) is 4.98 Å². The summed E-state index contributed by atoms with van der Waals surface area (Å²) in [6.45, 7) is 16.2. The van der Waals surface area contributed by atoms with Crippen LogP contribution < -0.4 is 10.6 Å². The number of anilines is 1. The number of nitrogens with one attached hydrogen (secondary N) is 2. The van der Waals surface area contributed by atoms with Crippen LogP contribution in [-0.2, 0) is 6.54 Å². The van der Waals surface area contributed by atoms with Crippen molar-refractivity contribution >= 4 is 5.82 Å². The summed E-state index contributed by atoms with van der Waals surface area (Å²) in [6, 6.07) is 2.18. The Morgan fingerprint density at radius 1 is 1.10 bits per heavy atom. The van der Waals surface area contributed by atoms with Crippen molar-refractivity contribution in [2.75, 3.05) is 18.4 Å². The third-order valence-corrected chi connectivity index (χ3v) is 4.04. The number of aromatic nitrogens is 1. The first-order valence-corrected chi connectivity index (χ1v) is 8.39. The van der Waals surface area contributed by atoms with Gasteiger partial charge in [0.25, 0.3) is 0 Å². The highest BCUT2D eigenvalue weighted by Gasteiger charge is 2.11. The van der Waals surface area contributed by atoms with Gasteiger partial charge in [0.1, 0.15) is 5.82 Å². The normalized spacial score (nSPS) is 11.4.